The van der Waals surface area contributed by atoms with E-state index in [9.17, 15) is 9.90 Å². The molecule has 4 heteroatoms. The molecule has 0 unspecified atom stereocenters. The summed E-state index contributed by atoms with van der Waals surface area (Å²) in [4.78, 5) is 15.8. The maximum Gasteiger partial charge on any atom is 0.311 e. The highest BCUT2D eigenvalue weighted by Gasteiger charge is 2.43. The largest absolute Gasteiger partial charge is 0.481 e. The molecule has 106 valence electrons. The second kappa shape index (κ2) is 4.78. The van der Waals surface area contributed by atoms with E-state index >= 15 is 0 Å². The van der Waals surface area contributed by atoms with Crippen molar-refractivity contribution in [1.82, 2.24) is 4.98 Å². The van der Waals surface area contributed by atoms with Gasteiger partial charge in [-0.05, 0) is 39.1 Å². The Morgan fingerprint density at radius 2 is 1.80 bits per heavy atom. The van der Waals surface area contributed by atoms with E-state index in [1.807, 2.05) is 44.2 Å². The highest BCUT2D eigenvalue weighted by atomic mass is 16.4. The SMILES string of the molecule is CC(C)(Nc1nccc2ccccc12)C(C)(C)C(=O)O. The Kier molecular flexibility index (Phi) is 3.42. The fraction of sp³-hybridized carbons (Fsp3) is 0.375. The Hall–Kier alpha value is -2.10. The lowest BCUT2D eigenvalue weighted by Gasteiger charge is -2.39. The van der Waals surface area contributed by atoms with Gasteiger partial charge in [0, 0.05) is 17.1 Å². The molecule has 2 N–H and O–H groups in total. The minimum Gasteiger partial charge on any atom is -0.481 e. The molecular formula is C16H20N2O2. The molecule has 0 radical (unpaired) electrons. The molecule has 2 aromatic rings. The zero-order valence-corrected chi connectivity index (χ0v) is 12.3. The van der Waals surface area contributed by atoms with Gasteiger partial charge in [0.15, 0.2) is 0 Å². The molecule has 0 atom stereocenters. The molecule has 0 fully saturated rings. The lowest BCUT2D eigenvalue weighted by Crippen LogP contribution is -2.50. The van der Waals surface area contributed by atoms with Gasteiger partial charge in [0.25, 0.3) is 0 Å². The summed E-state index contributed by atoms with van der Waals surface area (Å²) in [6, 6.07) is 9.85. The molecule has 4 nitrogen and oxygen atoms in total. The minimum absolute atomic E-state index is 0.643. The van der Waals surface area contributed by atoms with Crippen LogP contribution in [-0.2, 0) is 4.79 Å². The predicted octanol–water partition coefficient (Wildman–Crippen LogP) is 3.54. The first-order chi connectivity index (χ1) is 9.25. The van der Waals surface area contributed by atoms with Crippen molar-refractivity contribution >= 4 is 22.6 Å². The first-order valence-electron chi connectivity index (χ1n) is 6.61. The van der Waals surface area contributed by atoms with E-state index < -0.39 is 16.9 Å². The van der Waals surface area contributed by atoms with Gasteiger partial charge in [0.05, 0.1) is 5.41 Å². The van der Waals surface area contributed by atoms with Gasteiger partial charge in [-0.15, -0.1) is 0 Å². The molecule has 1 aromatic heterocycles. The summed E-state index contributed by atoms with van der Waals surface area (Å²) in [6.45, 7) is 7.19. The average molecular weight is 272 g/mol. The second-order valence-electron chi connectivity index (χ2n) is 6.06. The topological polar surface area (TPSA) is 62.2 Å². The average Bonchev–Trinajstić information content (AvgIpc) is 2.38. The minimum atomic E-state index is -0.925. The molecule has 20 heavy (non-hydrogen) atoms. The van der Waals surface area contributed by atoms with Crippen LogP contribution >= 0.6 is 0 Å². The number of carboxylic acids is 1. The predicted molar refractivity (Wildman–Crippen MR) is 80.9 cm³/mol. The van der Waals surface area contributed by atoms with Crippen LogP contribution in [0.5, 0.6) is 0 Å². The number of nitrogens with one attached hydrogen (secondary N) is 1. The van der Waals surface area contributed by atoms with Gasteiger partial charge < -0.3 is 10.4 Å². The van der Waals surface area contributed by atoms with Crippen LogP contribution in [0.2, 0.25) is 0 Å². The van der Waals surface area contributed by atoms with E-state index in [0.29, 0.717) is 5.82 Å². The summed E-state index contributed by atoms with van der Waals surface area (Å²) >= 11 is 0. The number of fused-ring (bicyclic) bond motifs is 1. The number of carbonyl (C=O) groups is 1. The Labute approximate surface area is 118 Å². The number of aromatic nitrogens is 1. The maximum absolute atomic E-state index is 11.5. The van der Waals surface area contributed by atoms with Crippen LogP contribution in [0.25, 0.3) is 10.8 Å². The normalized spacial score (nSPS) is 12.4. The lowest BCUT2D eigenvalue weighted by molar-refractivity contribution is -0.149. The number of hydrogen-bond donors (Lipinski definition) is 2. The Morgan fingerprint density at radius 1 is 1.15 bits per heavy atom. The summed E-state index contributed by atoms with van der Waals surface area (Å²) in [5, 5.41) is 14.8. The van der Waals surface area contributed by atoms with Crippen LogP contribution in [0, 0.1) is 5.41 Å². The monoisotopic (exact) mass is 272 g/mol. The maximum atomic E-state index is 11.5. The van der Waals surface area contributed by atoms with Gasteiger partial charge in [-0.25, -0.2) is 4.98 Å². The van der Waals surface area contributed by atoms with Crippen molar-refractivity contribution < 1.29 is 9.90 Å². The summed E-state index contributed by atoms with van der Waals surface area (Å²) in [5.41, 5.74) is -1.57. The van der Waals surface area contributed by atoms with Crippen molar-refractivity contribution in [2.45, 2.75) is 33.2 Å². The third kappa shape index (κ3) is 2.33. The van der Waals surface area contributed by atoms with Crippen LogP contribution in [0.3, 0.4) is 0 Å². The number of carboxylic acid groups (broad SMARTS) is 1. The molecule has 2 rings (SSSR count). The molecule has 0 aliphatic rings. The number of benzene rings is 1. The number of anilines is 1. The van der Waals surface area contributed by atoms with E-state index in [1.165, 1.54) is 0 Å². The standard InChI is InChI=1S/C16H20N2O2/c1-15(2,14(19)20)16(3,4)18-13-12-8-6-5-7-11(12)9-10-17-13/h5-10H,1-4H3,(H,17,18)(H,19,20). The van der Waals surface area contributed by atoms with Crippen molar-refractivity contribution in [3.05, 3.63) is 36.5 Å². The van der Waals surface area contributed by atoms with Gasteiger partial charge in [-0.3, -0.25) is 4.79 Å². The molecule has 0 spiro atoms. The van der Waals surface area contributed by atoms with Crippen molar-refractivity contribution in [2.24, 2.45) is 5.41 Å². The van der Waals surface area contributed by atoms with Gasteiger partial charge in [-0.2, -0.15) is 0 Å². The molecule has 0 aliphatic heterocycles. The zero-order valence-electron chi connectivity index (χ0n) is 12.3. The molecule has 0 saturated heterocycles. The van der Waals surface area contributed by atoms with E-state index in [2.05, 4.69) is 10.3 Å². The third-order valence-electron chi connectivity index (χ3n) is 4.20. The Morgan fingerprint density at radius 3 is 2.45 bits per heavy atom. The summed E-state index contributed by atoms with van der Waals surface area (Å²) in [6.07, 6.45) is 1.73. The lowest BCUT2D eigenvalue weighted by atomic mass is 9.74. The highest BCUT2D eigenvalue weighted by Crippen LogP contribution is 2.35. The first kappa shape index (κ1) is 14.3. The number of hydrogen-bond acceptors (Lipinski definition) is 3. The molecule has 1 heterocycles. The van der Waals surface area contributed by atoms with Gasteiger partial charge in [0.1, 0.15) is 5.82 Å². The fourth-order valence-corrected chi connectivity index (χ4v) is 1.94. The number of nitrogens with zero attached hydrogens (tertiary/aromatic N) is 1. The fourth-order valence-electron chi connectivity index (χ4n) is 1.94. The Balaban J connectivity index is 2.44. The third-order valence-corrected chi connectivity index (χ3v) is 4.20. The van der Waals surface area contributed by atoms with Gasteiger partial charge in [0.2, 0.25) is 0 Å². The van der Waals surface area contributed by atoms with Crippen LogP contribution in [0.4, 0.5) is 5.82 Å². The molecule has 0 bridgehead atoms. The molecule has 0 saturated carbocycles. The van der Waals surface area contributed by atoms with Crippen LogP contribution in [0.15, 0.2) is 36.5 Å². The summed E-state index contributed by atoms with van der Waals surface area (Å²) in [7, 11) is 0. The quantitative estimate of drug-likeness (QED) is 0.893. The van der Waals surface area contributed by atoms with E-state index in [0.717, 1.165) is 10.8 Å². The molecule has 0 amide bonds. The Bertz CT molecular complexity index is 642. The zero-order chi connectivity index (χ0) is 15.0. The number of pyridine rings is 1. The van der Waals surface area contributed by atoms with Crippen LogP contribution < -0.4 is 5.32 Å². The van der Waals surface area contributed by atoms with Gasteiger partial charge >= 0.3 is 5.97 Å². The smallest absolute Gasteiger partial charge is 0.311 e. The summed E-state index contributed by atoms with van der Waals surface area (Å²) in [5.74, 6) is -0.127. The van der Waals surface area contributed by atoms with Crippen molar-refractivity contribution in [1.29, 1.82) is 0 Å². The van der Waals surface area contributed by atoms with E-state index in [1.54, 1.807) is 20.0 Å². The second-order valence-corrected chi connectivity index (χ2v) is 6.06. The van der Waals surface area contributed by atoms with Crippen molar-refractivity contribution in [2.75, 3.05) is 5.32 Å². The first-order valence-corrected chi connectivity index (χ1v) is 6.61. The van der Waals surface area contributed by atoms with Gasteiger partial charge in [-0.1, -0.05) is 24.3 Å². The van der Waals surface area contributed by atoms with Crippen LogP contribution in [0.1, 0.15) is 27.7 Å². The number of rotatable bonds is 4. The van der Waals surface area contributed by atoms with Crippen LogP contribution in [-0.4, -0.2) is 21.6 Å². The van der Waals surface area contributed by atoms with E-state index in [-0.39, 0.29) is 0 Å². The molecule has 1 aromatic carbocycles. The van der Waals surface area contributed by atoms with Crippen molar-refractivity contribution in [3.8, 4) is 0 Å². The van der Waals surface area contributed by atoms with E-state index in [4.69, 9.17) is 0 Å². The highest BCUT2D eigenvalue weighted by molar-refractivity contribution is 5.92. The van der Waals surface area contributed by atoms with Crippen molar-refractivity contribution in [3.63, 3.8) is 0 Å². The molecular weight excluding hydrogens is 252 g/mol. The molecule has 0 aliphatic carbocycles. The summed E-state index contributed by atoms with van der Waals surface area (Å²) < 4.78 is 0. The number of aliphatic carboxylic acids is 1.